The van der Waals surface area contributed by atoms with E-state index >= 15 is 0 Å². The van der Waals surface area contributed by atoms with E-state index in [9.17, 15) is 9.59 Å². The van der Waals surface area contributed by atoms with E-state index in [1.54, 1.807) is 30.3 Å². The molecule has 30 heavy (non-hydrogen) atoms. The Kier molecular flexibility index (Phi) is 8.96. The Hall–Kier alpha value is -3.26. The summed E-state index contributed by atoms with van der Waals surface area (Å²) in [6.07, 6.45) is 2.28. The first-order valence-corrected chi connectivity index (χ1v) is 9.73. The van der Waals surface area contributed by atoms with E-state index in [0.717, 1.165) is 6.42 Å². The number of anilines is 1. The van der Waals surface area contributed by atoms with Gasteiger partial charge in [-0.15, -0.1) is 0 Å². The molecule has 0 saturated heterocycles. The summed E-state index contributed by atoms with van der Waals surface area (Å²) in [5.41, 5.74) is 3.20. The highest BCUT2D eigenvalue weighted by atomic mass is 35.5. The molecule has 2 N–H and O–H groups in total. The van der Waals surface area contributed by atoms with Gasteiger partial charge in [0.05, 0.1) is 31.6 Å². The second-order valence-corrected chi connectivity index (χ2v) is 6.40. The summed E-state index contributed by atoms with van der Waals surface area (Å²) < 4.78 is 16.3. The maximum atomic E-state index is 12.0. The van der Waals surface area contributed by atoms with Crippen molar-refractivity contribution in [3.05, 3.63) is 47.0 Å². The summed E-state index contributed by atoms with van der Waals surface area (Å²) >= 11 is 6.00. The fourth-order valence-electron chi connectivity index (χ4n) is 2.35. The third-order valence-corrected chi connectivity index (χ3v) is 4.02. The molecule has 0 spiro atoms. The zero-order valence-corrected chi connectivity index (χ0v) is 17.8. The van der Waals surface area contributed by atoms with Gasteiger partial charge in [0.25, 0.3) is 0 Å². The number of hydrogen-bond acceptors (Lipinski definition) is 6. The minimum absolute atomic E-state index is 0.310. The van der Waals surface area contributed by atoms with Crippen LogP contribution in [0, 0.1) is 0 Å². The summed E-state index contributed by atoms with van der Waals surface area (Å²) in [6, 6.07) is 9.90. The van der Waals surface area contributed by atoms with E-state index in [4.69, 9.17) is 25.8 Å². The predicted octanol–water partition coefficient (Wildman–Crippen LogP) is 3.62. The average Bonchev–Trinajstić information content (AvgIpc) is 2.73. The van der Waals surface area contributed by atoms with Gasteiger partial charge in [-0.25, -0.2) is 5.43 Å². The van der Waals surface area contributed by atoms with Crippen LogP contribution in [-0.2, 0) is 9.59 Å². The van der Waals surface area contributed by atoms with Gasteiger partial charge in [0.1, 0.15) is 5.75 Å². The van der Waals surface area contributed by atoms with Crippen LogP contribution in [0.5, 0.6) is 17.2 Å². The standard InChI is InChI=1S/C21H24ClN3O5/c1-4-10-30-18-8-6-14(11-19(18)29-5-2)13-23-25-21(27)20(26)24-15-7-9-17(28-3)16(22)12-15/h6-9,11-13H,4-5,10H2,1-3H3,(H,24,26)(H,25,27)/b23-13-. The van der Waals surface area contributed by atoms with Crippen molar-refractivity contribution in [2.24, 2.45) is 5.10 Å². The van der Waals surface area contributed by atoms with Crippen molar-refractivity contribution in [3.8, 4) is 17.2 Å². The lowest BCUT2D eigenvalue weighted by Crippen LogP contribution is -2.32. The number of rotatable bonds is 9. The molecular formula is C21H24ClN3O5. The van der Waals surface area contributed by atoms with Gasteiger partial charge in [-0.3, -0.25) is 9.59 Å². The van der Waals surface area contributed by atoms with Crippen LogP contribution in [0.15, 0.2) is 41.5 Å². The van der Waals surface area contributed by atoms with Crippen LogP contribution in [0.3, 0.4) is 0 Å². The Bertz CT molecular complexity index is 918. The van der Waals surface area contributed by atoms with E-state index in [2.05, 4.69) is 15.8 Å². The second-order valence-electron chi connectivity index (χ2n) is 5.99. The summed E-state index contributed by atoms with van der Waals surface area (Å²) in [4.78, 5) is 23.9. The Morgan fingerprint density at radius 3 is 2.47 bits per heavy atom. The Morgan fingerprint density at radius 1 is 1.03 bits per heavy atom. The number of hydrogen-bond donors (Lipinski definition) is 2. The molecule has 0 aliphatic rings. The number of carbonyl (C=O) groups is 2. The SMILES string of the molecule is CCCOc1ccc(/C=N\NC(=O)C(=O)Nc2ccc(OC)c(Cl)c2)cc1OCC. The van der Waals surface area contributed by atoms with E-state index < -0.39 is 11.8 Å². The van der Waals surface area contributed by atoms with Gasteiger partial charge < -0.3 is 19.5 Å². The van der Waals surface area contributed by atoms with Gasteiger partial charge >= 0.3 is 11.8 Å². The van der Waals surface area contributed by atoms with Crippen molar-refractivity contribution in [2.75, 3.05) is 25.6 Å². The van der Waals surface area contributed by atoms with Gasteiger partial charge in [0.2, 0.25) is 0 Å². The van der Waals surface area contributed by atoms with Gasteiger partial charge in [-0.1, -0.05) is 18.5 Å². The number of amides is 2. The van der Waals surface area contributed by atoms with E-state index in [-0.39, 0.29) is 0 Å². The molecule has 2 rings (SSSR count). The van der Waals surface area contributed by atoms with Crippen LogP contribution in [0.1, 0.15) is 25.8 Å². The number of halogens is 1. The minimum Gasteiger partial charge on any atom is -0.495 e. The largest absolute Gasteiger partial charge is 0.495 e. The molecule has 2 amide bonds. The van der Waals surface area contributed by atoms with Gasteiger partial charge in [-0.05, 0) is 55.3 Å². The van der Waals surface area contributed by atoms with Gasteiger partial charge in [0, 0.05) is 5.69 Å². The predicted molar refractivity (Wildman–Crippen MR) is 116 cm³/mol. The molecule has 2 aromatic carbocycles. The zero-order chi connectivity index (χ0) is 21.9. The minimum atomic E-state index is -0.925. The number of ether oxygens (including phenoxy) is 3. The highest BCUT2D eigenvalue weighted by molar-refractivity contribution is 6.40. The molecule has 9 heteroatoms. The number of methoxy groups -OCH3 is 1. The topological polar surface area (TPSA) is 98.2 Å². The summed E-state index contributed by atoms with van der Waals surface area (Å²) in [5.74, 6) is -0.133. The smallest absolute Gasteiger partial charge is 0.329 e. The molecule has 160 valence electrons. The lowest BCUT2D eigenvalue weighted by Gasteiger charge is -2.11. The Labute approximate surface area is 180 Å². The van der Waals surface area contributed by atoms with Crippen molar-refractivity contribution in [2.45, 2.75) is 20.3 Å². The monoisotopic (exact) mass is 433 g/mol. The molecule has 0 aliphatic heterocycles. The maximum Gasteiger partial charge on any atom is 0.329 e. The number of benzene rings is 2. The molecule has 8 nitrogen and oxygen atoms in total. The molecule has 0 aliphatic carbocycles. The van der Waals surface area contributed by atoms with Gasteiger partial charge in [-0.2, -0.15) is 5.10 Å². The Morgan fingerprint density at radius 2 is 1.80 bits per heavy atom. The molecule has 0 aromatic heterocycles. The number of nitrogens with one attached hydrogen (secondary N) is 2. The molecule has 0 bridgehead atoms. The lowest BCUT2D eigenvalue weighted by atomic mass is 10.2. The number of carbonyl (C=O) groups excluding carboxylic acids is 2. The second kappa shape index (κ2) is 11.7. The van der Waals surface area contributed by atoms with Crippen molar-refractivity contribution in [1.29, 1.82) is 0 Å². The van der Waals surface area contributed by atoms with Crippen molar-refractivity contribution < 1.29 is 23.8 Å². The van der Waals surface area contributed by atoms with E-state index in [1.807, 2.05) is 13.8 Å². The average molecular weight is 434 g/mol. The van der Waals surface area contributed by atoms with Crippen LogP contribution < -0.4 is 25.0 Å². The normalized spacial score (nSPS) is 10.5. The van der Waals surface area contributed by atoms with Crippen LogP contribution in [-0.4, -0.2) is 38.4 Å². The first kappa shape index (κ1) is 23.0. The number of hydrazone groups is 1. The lowest BCUT2D eigenvalue weighted by molar-refractivity contribution is -0.136. The maximum absolute atomic E-state index is 12.0. The van der Waals surface area contributed by atoms with Crippen molar-refractivity contribution in [3.63, 3.8) is 0 Å². The van der Waals surface area contributed by atoms with Crippen LogP contribution in [0.4, 0.5) is 5.69 Å². The third-order valence-electron chi connectivity index (χ3n) is 3.72. The zero-order valence-electron chi connectivity index (χ0n) is 17.0. The van der Waals surface area contributed by atoms with Crippen molar-refractivity contribution in [1.82, 2.24) is 5.43 Å². The molecule has 0 fully saturated rings. The first-order valence-electron chi connectivity index (χ1n) is 9.36. The van der Waals surface area contributed by atoms with E-state index in [0.29, 0.717) is 46.7 Å². The fourth-order valence-corrected chi connectivity index (χ4v) is 2.61. The number of nitrogens with zero attached hydrogens (tertiary/aromatic N) is 1. The van der Waals surface area contributed by atoms with Crippen LogP contribution in [0.2, 0.25) is 5.02 Å². The van der Waals surface area contributed by atoms with Crippen molar-refractivity contribution >= 4 is 35.3 Å². The molecule has 0 unspecified atom stereocenters. The fraction of sp³-hybridized carbons (Fsp3) is 0.286. The summed E-state index contributed by atoms with van der Waals surface area (Å²) in [6.45, 7) is 4.95. The quantitative estimate of drug-likeness (QED) is 0.357. The van der Waals surface area contributed by atoms with E-state index in [1.165, 1.54) is 19.4 Å². The summed E-state index contributed by atoms with van der Waals surface area (Å²) in [7, 11) is 1.48. The van der Waals surface area contributed by atoms with Crippen LogP contribution >= 0.6 is 11.6 Å². The third kappa shape index (κ3) is 6.66. The highest BCUT2D eigenvalue weighted by Gasteiger charge is 2.14. The molecular weight excluding hydrogens is 410 g/mol. The molecule has 0 heterocycles. The molecule has 2 aromatic rings. The van der Waals surface area contributed by atoms with Gasteiger partial charge in [0.15, 0.2) is 11.5 Å². The van der Waals surface area contributed by atoms with Crippen LogP contribution in [0.25, 0.3) is 0 Å². The first-order chi connectivity index (χ1) is 14.5. The Balaban J connectivity index is 1.96. The molecule has 0 radical (unpaired) electrons. The molecule has 0 atom stereocenters. The molecule has 0 saturated carbocycles. The summed E-state index contributed by atoms with van der Waals surface area (Å²) in [5, 5.41) is 6.56. The highest BCUT2D eigenvalue weighted by Crippen LogP contribution is 2.28.